The third-order valence-corrected chi connectivity index (χ3v) is 5.47. The van der Waals surface area contributed by atoms with E-state index in [9.17, 15) is 22.8 Å². The van der Waals surface area contributed by atoms with Gasteiger partial charge in [0.15, 0.2) is 0 Å². The lowest BCUT2D eigenvalue weighted by Gasteiger charge is -2.36. The van der Waals surface area contributed by atoms with Crippen LogP contribution in [-0.2, 0) is 4.79 Å². The lowest BCUT2D eigenvalue weighted by molar-refractivity contribution is -0.185. The molecule has 29 heavy (non-hydrogen) atoms. The molecule has 1 N–H and O–H groups in total. The molecule has 1 saturated heterocycles. The van der Waals surface area contributed by atoms with Crippen molar-refractivity contribution in [2.45, 2.75) is 6.18 Å². The van der Waals surface area contributed by atoms with Gasteiger partial charge in [-0.3, -0.25) is 9.59 Å². The average molecular weight is 491 g/mol. The summed E-state index contributed by atoms with van der Waals surface area (Å²) in [6.07, 6.45) is -4.87. The Hall–Kier alpha value is -2.26. The van der Waals surface area contributed by atoms with Gasteiger partial charge >= 0.3 is 12.1 Å². The molecule has 2 aromatic carbocycles. The summed E-state index contributed by atoms with van der Waals surface area (Å²) >= 11 is 9.66. The number of hydrogen-bond acceptors (Lipinski definition) is 3. The molecule has 0 unspecified atom stereocenters. The Labute approximate surface area is 178 Å². The molecule has 10 heteroatoms. The number of piperazine rings is 1. The van der Waals surface area contributed by atoms with Crippen LogP contribution in [0.15, 0.2) is 46.9 Å². The zero-order chi connectivity index (χ0) is 21.2. The predicted octanol–water partition coefficient (Wildman–Crippen LogP) is 4.57. The van der Waals surface area contributed by atoms with Gasteiger partial charge in [-0.25, -0.2) is 0 Å². The van der Waals surface area contributed by atoms with Gasteiger partial charge < -0.3 is 15.1 Å². The molecule has 154 valence electrons. The minimum atomic E-state index is -4.87. The van der Waals surface area contributed by atoms with Gasteiger partial charge in [0.2, 0.25) is 0 Å². The molecule has 5 nitrogen and oxygen atoms in total. The van der Waals surface area contributed by atoms with E-state index < -0.39 is 12.1 Å². The van der Waals surface area contributed by atoms with E-state index >= 15 is 0 Å². The van der Waals surface area contributed by atoms with Crippen molar-refractivity contribution >= 4 is 50.7 Å². The first-order chi connectivity index (χ1) is 13.7. The van der Waals surface area contributed by atoms with Crippen LogP contribution < -0.4 is 10.2 Å². The number of nitrogens with one attached hydrogen (secondary N) is 1. The quantitative estimate of drug-likeness (QED) is 0.686. The number of carbonyl (C=O) groups is 2. The highest BCUT2D eigenvalue weighted by Crippen LogP contribution is 2.31. The third kappa shape index (κ3) is 5.02. The summed E-state index contributed by atoms with van der Waals surface area (Å²) in [5.41, 5.74) is 1.59. The Kier molecular flexibility index (Phi) is 6.38. The Morgan fingerprint density at radius 3 is 2.28 bits per heavy atom. The van der Waals surface area contributed by atoms with Crippen molar-refractivity contribution in [3.63, 3.8) is 0 Å². The summed E-state index contributed by atoms with van der Waals surface area (Å²) in [6, 6.07) is 11.9. The summed E-state index contributed by atoms with van der Waals surface area (Å²) in [5, 5.41) is 3.11. The van der Waals surface area contributed by atoms with E-state index in [-0.39, 0.29) is 32.1 Å². The SMILES string of the molecule is O=C(Nc1ccc(N2CCN(C(=O)C(F)(F)F)CC2)c(Cl)c1)c1ccccc1Br. The van der Waals surface area contributed by atoms with Gasteiger partial charge in [0, 0.05) is 36.3 Å². The van der Waals surface area contributed by atoms with Crippen molar-refractivity contribution in [2.24, 2.45) is 0 Å². The highest BCUT2D eigenvalue weighted by atomic mass is 79.9. The molecule has 0 spiro atoms. The van der Waals surface area contributed by atoms with E-state index in [0.717, 1.165) is 4.90 Å². The molecule has 1 fully saturated rings. The van der Waals surface area contributed by atoms with Crippen LogP contribution in [0.1, 0.15) is 10.4 Å². The molecule has 1 aliphatic heterocycles. The molecular weight excluding hydrogens is 475 g/mol. The van der Waals surface area contributed by atoms with E-state index in [1.807, 2.05) is 4.90 Å². The van der Waals surface area contributed by atoms with Gasteiger partial charge in [0.1, 0.15) is 0 Å². The second-order valence-corrected chi connectivity index (χ2v) is 7.64. The van der Waals surface area contributed by atoms with E-state index in [4.69, 9.17) is 11.6 Å². The molecule has 0 saturated carbocycles. The van der Waals surface area contributed by atoms with Crippen LogP contribution in [0, 0.1) is 0 Å². The predicted molar refractivity (Wildman–Crippen MR) is 108 cm³/mol. The third-order valence-electron chi connectivity index (χ3n) is 4.47. The van der Waals surface area contributed by atoms with Crippen molar-refractivity contribution in [3.8, 4) is 0 Å². The fourth-order valence-corrected chi connectivity index (χ4v) is 3.78. The van der Waals surface area contributed by atoms with Crippen LogP contribution in [0.25, 0.3) is 0 Å². The number of carbonyl (C=O) groups excluding carboxylic acids is 2. The molecule has 1 aliphatic rings. The fourth-order valence-electron chi connectivity index (χ4n) is 3.01. The molecule has 0 bridgehead atoms. The topological polar surface area (TPSA) is 52.7 Å². The van der Waals surface area contributed by atoms with Crippen molar-refractivity contribution in [2.75, 3.05) is 36.4 Å². The number of alkyl halides is 3. The normalized spacial score (nSPS) is 14.7. The molecule has 0 atom stereocenters. The first-order valence-corrected chi connectivity index (χ1v) is 9.80. The van der Waals surface area contributed by atoms with E-state index in [0.29, 0.717) is 26.4 Å². The Morgan fingerprint density at radius 1 is 1.03 bits per heavy atom. The molecule has 3 rings (SSSR count). The van der Waals surface area contributed by atoms with Crippen molar-refractivity contribution < 1.29 is 22.8 Å². The Morgan fingerprint density at radius 2 is 1.69 bits per heavy atom. The largest absolute Gasteiger partial charge is 0.471 e. The molecule has 0 aliphatic carbocycles. The minimum absolute atomic E-state index is 0.0464. The van der Waals surface area contributed by atoms with E-state index in [1.54, 1.807) is 42.5 Å². The van der Waals surface area contributed by atoms with Crippen LogP contribution in [0.2, 0.25) is 5.02 Å². The number of amides is 2. The first-order valence-electron chi connectivity index (χ1n) is 8.63. The highest BCUT2D eigenvalue weighted by molar-refractivity contribution is 9.10. The highest BCUT2D eigenvalue weighted by Gasteiger charge is 2.43. The number of rotatable bonds is 3. The Balaban J connectivity index is 1.65. The summed E-state index contributed by atoms with van der Waals surface area (Å²) in [7, 11) is 0. The second-order valence-electron chi connectivity index (χ2n) is 6.38. The maximum atomic E-state index is 12.6. The summed E-state index contributed by atoms with van der Waals surface area (Å²) in [4.78, 5) is 26.3. The first kappa shape index (κ1) is 21.4. The molecule has 2 aromatic rings. The van der Waals surface area contributed by atoms with Crippen LogP contribution in [0.4, 0.5) is 24.5 Å². The molecular formula is C19H16BrClF3N3O2. The number of halogens is 5. The number of nitrogens with zero attached hydrogens (tertiary/aromatic N) is 2. The number of benzene rings is 2. The molecule has 1 heterocycles. The van der Waals surface area contributed by atoms with Crippen molar-refractivity contribution in [3.05, 3.63) is 57.5 Å². The molecule has 0 aromatic heterocycles. The summed E-state index contributed by atoms with van der Waals surface area (Å²) in [5.74, 6) is -2.13. The zero-order valence-corrected chi connectivity index (χ0v) is 17.3. The van der Waals surface area contributed by atoms with Gasteiger partial charge in [0.25, 0.3) is 5.91 Å². The second kappa shape index (κ2) is 8.62. The number of hydrogen-bond donors (Lipinski definition) is 1. The van der Waals surface area contributed by atoms with Crippen LogP contribution in [-0.4, -0.2) is 49.1 Å². The lowest BCUT2D eigenvalue weighted by Crippen LogP contribution is -2.52. The van der Waals surface area contributed by atoms with Gasteiger partial charge in [-0.1, -0.05) is 23.7 Å². The van der Waals surface area contributed by atoms with Gasteiger partial charge in [-0.05, 0) is 46.3 Å². The maximum absolute atomic E-state index is 12.6. The van der Waals surface area contributed by atoms with Gasteiger partial charge in [-0.2, -0.15) is 13.2 Å². The van der Waals surface area contributed by atoms with E-state index in [2.05, 4.69) is 21.2 Å². The fraction of sp³-hybridized carbons (Fsp3) is 0.263. The maximum Gasteiger partial charge on any atom is 0.471 e. The molecule has 0 radical (unpaired) electrons. The van der Waals surface area contributed by atoms with Gasteiger partial charge in [-0.15, -0.1) is 0 Å². The number of anilines is 2. The minimum Gasteiger partial charge on any atom is -0.367 e. The van der Waals surface area contributed by atoms with Crippen molar-refractivity contribution in [1.82, 2.24) is 4.90 Å². The monoisotopic (exact) mass is 489 g/mol. The van der Waals surface area contributed by atoms with Crippen LogP contribution in [0.5, 0.6) is 0 Å². The smallest absolute Gasteiger partial charge is 0.367 e. The average Bonchev–Trinajstić information content (AvgIpc) is 2.67. The lowest BCUT2D eigenvalue weighted by atomic mass is 10.2. The van der Waals surface area contributed by atoms with Gasteiger partial charge in [0.05, 0.1) is 16.3 Å². The zero-order valence-electron chi connectivity index (χ0n) is 15.0. The van der Waals surface area contributed by atoms with Crippen molar-refractivity contribution in [1.29, 1.82) is 0 Å². The van der Waals surface area contributed by atoms with Crippen LogP contribution >= 0.6 is 27.5 Å². The molecule has 2 amide bonds. The van der Waals surface area contributed by atoms with Crippen LogP contribution in [0.3, 0.4) is 0 Å². The standard InChI is InChI=1S/C19H16BrClF3N3O2/c20-14-4-2-1-3-13(14)17(28)25-12-5-6-16(15(21)11-12)26-7-9-27(10-8-26)18(29)19(22,23)24/h1-6,11H,7-10H2,(H,25,28). The summed E-state index contributed by atoms with van der Waals surface area (Å²) < 4.78 is 38.3. The van der Waals surface area contributed by atoms with E-state index in [1.165, 1.54) is 0 Å². The summed E-state index contributed by atoms with van der Waals surface area (Å²) in [6.45, 7) is 0.360. The Bertz CT molecular complexity index is 931.